The molecule has 0 aliphatic heterocycles. The molecular weight excluding hydrogens is 262 g/mol. The van der Waals surface area contributed by atoms with Crippen LogP contribution in [0.2, 0.25) is 0 Å². The summed E-state index contributed by atoms with van der Waals surface area (Å²) in [5.41, 5.74) is 1.77. The van der Waals surface area contributed by atoms with E-state index in [-0.39, 0.29) is 5.75 Å². The number of rotatable bonds is 5. The molecule has 19 heavy (non-hydrogen) atoms. The summed E-state index contributed by atoms with van der Waals surface area (Å²) >= 11 is 0. The molecule has 1 aromatic carbocycles. The summed E-state index contributed by atoms with van der Waals surface area (Å²) in [6, 6.07) is 9.67. The molecule has 5 heteroatoms. The number of aliphatic carboxylic acids is 1. The van der Waals surface area contributed by atoms with Crippen LogP contribution in [-0.4, -0.2) is 26.0 Å². The van der Waals surface area contributed by atoms with E-state index in [2.05, 4.69) is 4.98 Å². The van der Waals surface area contributed by atoms with Crippen molar-refractivity contribution in [2.75, 3.05) is 5.75 Å². The van der Waals surface area contributed by atoms with Crippen molar-refractivity contribution in [3.8, 4) is 0 Å². The van der Waals surface area contributed by atoms with Crippen LogP contribution in [0.1, 0.15) is 12.5 Å². The molecule has 0 amide bonds. The largest absolute Gasteiger partial charge is 0.481 e. The molecule has 2 rings (SSSR count). The molecule has 2 aromatic rings. The Bertz CT molecular complexity index is 627. The molecule has 0 aliphatic carbocycles. The molecule has 4 nitrogen and oxygen atoms in total. The molecule has 1 heterocycles. The van der Waals surface area contributed by atoms with E-state index < -0.39 is 22.7 Å². The Morgan fingerprint density at radius 1 is 1.42 bits per heavy atom. The van der Waals surface area contributed by atoms with Gasteiger partial charge in [0.2, 0.25) is 0 Å². The topological polar surface area (TPSA) is 67.3 Å². The maximum Gasteiger partial charge on any atom is 0.307 e. The van der Waals surface area contributed by atoms with Crippen molar-refractivity contribution < 1.29 is 14.1 Å². The van der Waals surface area contributed by atoms with Gasteiger partial charge in [0.05, 0.1) is 17.2 Å². The Morgan fingerprint density at radius 2 is 2.16 bits per heavy atom. The van der Waals surface area contributed by atoms with Crippen molar-refractivity contribution in [3.63, 3.8) is 0 Å². The van der Waals surface area contributed by atoms with E-state index in [1.54, 1.807) is 13.1 Å². The van der Waals surface area contributed by atoms with E-state index in [9.17, 15) is 9.00 Å². The van der Waals surface area contributed by atoms with E-state index in [1.807, 2.05) is 30.3 Å². The van der Waals surface area contributed by atoms with E-state index in [4.69, 9.17) is 5.11 Å². The Balaban J connectivity index is 2.09. The number of hydrogen-bond acceptors (Lipinski definition) is 3. The summed E-state index contributed by atoms with van der Waals surface area (Å²) < 4.78 is 11.9. The highest BCUT2D eigenvalue weighted by molar-refractivity contribution is 7.84. The number of carboxylic acids is 1. The van der Waals surface area contributed by atoms with Crippen molar-refractivity contribution in [2.24, 2.45) is 5.92 Å². The second-order valence-corrected chi connectivity index (χ2v) is 6.03. The Hall–Kier alpha value is -1.75. The Labute approximate surface area is 113 Å². The van der Waals surface area contributed by atoms with Crippen LogP contribution in [0.5, 0.6) is 0 Å². The highest BCUT2D eigenvalue weighted by Gasteiger charge is 2.15. The number of fused-ring (bicyclic) bond motifs is 1. The molecule has 0 saturated heterocycles. The van der Waals surface area contributed by atoms with Gasteiger partial charge in [0, 0.05) is 28.1 Å². The summed E-state index contributed by atoms with van der Waals surface area (Å²) in [5.74, 6) is -0.989. The number of para-hydroxylation sites is 1. The molecule has 0 bridgehead atoms. The molecule has 1 N–H and O–H groups in total. The van der Waals surface area contributed by atoms with Gasteiger partial charge in [-0.2, -0.15) is 0 Å². The predicted molar refractivity (Wildman–Crippen MR) is 75.3 cm³/mol. The highest BCUT2D eigenvalue weighted by Crippen LogP contribution is 2.14. The third-order valence-corrected chi connectivity index (χ3v) is 4.36. The third-order valence-electron chi connectivity index (χ3n) is 2.83. The van der Waals surface area contributed by atoms with Gasteiger partial charge in [-0.3, -0.25) is 14.0 Å². The first-order valence-corrected chi connectivity index (χ1v) is 7.46. The smallest absolute Gasteiger partial charge is 0.307 e. The van der Waals surface area contributed by atoms with E-state index in [0.717, 1.165) is 16.5 Å². The molecule has 0 radical (unpaired) electrons. The normalized spacial score (nSPS) is 14.2. The fourth-order valence-electron chi connectivity index (χ4n) is 1.79. The highest BCUT2D eigenvalue weighted by atomic mass is 32.2. The lowest BCUT2D eigenvalue weighted by Crippen LogP contribution is -2.18. The van der Waals surface area contributed by atoms with Crippen molar-refractivity contribution in [1.29, 1.82) is 0 Å². The second-order valence-electron chi connectivity index (χ2n) is 4.53. The zero-order chi connectivity index (χ0) is 13.8. The SMILES string of the molecule is CC(CS(=O)Cc1cnc2ccccc2c1)C(=O)O. The van der Waals surface area contributed by atoms with E-state index in [0.29, 0.717) is 5.75 Å². The predicted octanol–water partition coefficient (Wildman–Crippen LogP) is 2.20. The fraction of sp³-hybridized carbons (Fsp3) is 0.286. The number of benzene rings is 1. The number of pyridine rings is 1. The lowest BCUT2D eigenvalue weighted by molar-refractivity contribution is -0.140. The first kappa shape index (κ1) is 13.7. The molecule has 2 unspecified atom stereocenters. The monoisotopic (exact) mass is 277 g/mol. The van der Waals surface area contributed by atoms with Gasteiger partial charge < -0.3 is 5.11 Å². The van der Waals surface area contributed by atoms with E-state index >= 15 is 0 Å². The quantitative estimate of drug-likeness (QED) is 0.909. The number of nitrogens with zero attached hydrogens (tertiary/aromatic N) is 1. The first-order chi connectivity index (χ1) is 9.06. The van der Waals surface area contributed by atoms with Gasteiger partial charge in [-0.25, -0.2) is 0 Å². The average molecular weight is 277 g/mol. The maximum atomic E-state index is 11.9. The second kappa shape index (κ2) is 5.93. The lowest BCUT2D eigenvalue weighted by atomic mass is 10.2. The Kier molecular flexibility index (Phi) is 4.27. The van der Waals surface area contributed by atoms with Crippen LogP contribution in [0.4, 0.5) is 0 Å². The summed E-state index contributed by atoms with van der Waals surface area (Å²) in [7, 11) is -1.19. The molecule has 0 spiro atoms. The third kappa shape index (κ3) is 3.61. The summed E-state index contributed by atoms with van der Waals surface area (Å²) in [5, 5.41) is 9.79. The standard InChI is InChI=1S/C14H15NO3S/c1-10(14(16)17)8-19(18)9-11-6-12-4-2-3-5-13(12)15-7-11/h2-7,10H,8-9H2,1H3,(H,16,17). The van der Waals surface area contributed by atoms with Crippen LogP contribution in [0.25, 0.3) is 10.9 Å². The zero-order valence-corrected chi connectivity index (χ0v) is 11.4. The molecule has 0 aliphatic rings. The molecule has 0 saturated carbocycles. The first-order valence-electron chi connectivity index (χ1n) is 5.97. The number of carboxylic acid groups (broad SMARTS) is 1. The maximum absolute atomic E-state index is 11.9. The average Bonchev–Trinajstić information content (AvgIpc) is 2.38. The van der Waals surface area contributed by atoms with Gasteiger partial charge in [0.15, 0.2) is 0 Å². The number of hydrogen-bond donors (Lipinski definition) is 1. The van der Waals surface area contributed by atoms with Crippen LogP contribution in [0.15, 0.2) is 36.5 Å². The Morgan fingerprint density at radius 3 is 2.89 bits per heavy atom. The summed E-state index contributed by atoms with van der Waals surface area (Å²) in [6.07, 6.45) is 1.70. The minimum Gasteiger partial charge on any atom is -0.481 e. The molecule has 1 aromatic heterocycles. The zero-order valence-electron chi connectivity index (χ0n) is 10.6. The van der Waals surface area contributed by atoms with Gasteiger partial charge in [0.1, 0.15) is 0 Å². The summed E-state index contributed by atoms with van der Waals surface area (Å²) in [4.78, 5) is 15.0. The van der Waals surface area contributed by atoms with Crippen LogP contribution in [0.3, 0.4) is 0 Å². The van der Waals surface area contributed by atoms with Crippen molar-refractivity contribution in [1.82, 2.24) is 4.98 Å². The molecular formula is C14H15NO3S. The van der Waals surface area contributed by atoms with Crippen molar-refractivity contribution in [2.45, 2.75) is 12.7 Å². The van der Waals surface area contributed by atoms with Crippen LogP contribution >= 0.6 is 0 Å². The lowest BCUT2D eigenvalue weighted by Gasteiger charge is -2.06. The van der Waals surface area contributed by atoms with E-state index in [1.165, 1.54) is 0 Å². The van der Waals surface area contributed by atoms with Crippen LogP contribution in [0, 0.1) is 5.92 Å². The van der Waals surface area contributed by atoms with Gasteiger partial charge in [-0.15, -0.1) is 0 Å². The number of carbonyl (C=O) groups is 1. The molecule has 0 fully saturated rings. The van der Waals surface area contributed by atoms with Crippen LogP contribution in [-0.2, 0) is 21.3 Å². The van der Waals surface area contributed by atoms with Gasteiger partial charge in [0.25, 0.3) is 0 Å². The minimum atomic E-state index is -1.19. The van der Waals surface area contributed by atoms with Crippen LogP contribution < -0.4 is 0 Å². The summed E-state index contributed by atoms with van der Waals surface area (Å²) in [6.45, 7) is 1.57. The van der Waals surface area contributed by atoms with Gasteiger partial charge >= 0.3 is 5.97 Å². The number of aromatic nitrogens is 1. The molecule has 100 valence electrons. The van der Waals surface area contributed by atoms with Gasteiger partial charge in [-0.1, -0.05) is 25.1 Å². The minimum absolute atomic E-state index is 0.169. The van der Waals surface area contributed by atoms with Crippen molar-refractivity contribution in [3.05, 3.63) is 42.1 Å². The van der Waals surface area contributed by atoms with Gasteiger partial charge in [-0.05, 0) is 17.7 Å². The molecule has 2 atom stereocenters. The fourth-order valence-corrected chi connectivity index (χ4v) is 3.14. The van der Waals surface area contributed by atoms with Crippen molar-refractivity contribution >= 4 is 27.7 Å².